The second kappa shape index (κ2) is 5.01. The lowest BCUT2D eigenvalue weighted by molar-refractivity contribution is -0.385. The van der Waals surface area contributed by atoms with Crippen molar-refractivity contribution in [3.05, 3.63) is 22.5 Å². The van der Waals surface area contributed by atoms with Gasteiger partial charge in [-0.3, -0.25) is 14.9 Å². The molecule has 1 unspecified atom stereocenters. The topological polar surface area (TPSA) is 118 Å². The molecule has 0 aliphatic heterocycles. The van der Waals surface area contributed by atoms with E-state index in [1.165, 1.54) is 0 Å². The molecule has 0 radical (unpaired) electrons. The maximum atomic E-state index is 10.4. The second-order valence-corrected chi connectivity index (χ2v) is 3.17. The van der Waals surface area contributed by atoms with Crippen molar-refractivity contribution in [2.45, 2.75) is 19.4 Å². The summed E-state index contributed by atoms with van der Waals surface area (Å²) in [6.07, 6.45) is 2.03. The molecular formula is C8H10N4O4. The molecule has 1 aromatic heterocycles. The Labute approximate surface area is 90.5 Å². The number of rotatable bonds is 5. The van der Waals surface area contributed by atoms with Crippen molar-refractivity contribution in [1.29, 1.82) is 0 Å². The maximum absolute atomic E-state index is 10.4. The molecule has 0 amide bonds. The first-order valence-electron chi connectivity index (χ1n) is 4.44. The predicted molar refractivity (Wildman–Crippen MR) is 54.0 cm³/mol. The molecular weight excluding hydrogens is 216 g/mol. The maximum Gasteiger partial charge on any atom is 0.305 e. The van der Waals surface area contributed by atoms with Crippen molar-refractivity contribution in [2.24, 2.45) is 0 Å². The third kappa shape index (κ3) is 3.48. The monoisotopic (exact) mass is 226 g/mol. The average molecular weight is 226 g/mol. The van der Waals surface area contributed by atoms with Gasteiger partial charge in [0, 0.05) is 6.04 Å². The number of carbonyl (C=O) groups is 1. The molecule has 1 atom stereocenters. The number of hydrogen-bond acceptors (Lipinski definition) is 6. The van der Waals surface area contributed by atoms with Crippen molar-refractivity contribution in [3.8, 4) is 0 Å². The van der Waals surface area contributed by atoms with Crippen LogP contribution < -0.4 is 5.32 Å². The Morgan fingerprint density at radius 1 is 1.62 bits per heavy atom. The van der Waals surface area contributed by atoms with E-state index in [0.29, 0.717) is 0 Å². The third-order valence-corrected chi connectivity index (χ3v) is 1.71. The Bertz CT molecular complexity index is 392. The Hall–Kier alpha value is -2.25. The lowest BCUT2D eigenvalue weighted by atomic mass is 10.2. The van der Waals surface area contributed by atoms with E-state index in [-0.39, 0.29) is 24.1 Å². The average Bonchev–Trinajstić information content (AvgIpc) is 2.16. The summed E-state index contributed by atoms with van der Waals surface area (Å²) in [6.45, 7) is 1.65. The van der Waals surface area contributed by atoms with Gasteiger partial charge >= 0.3 is 11.7 Å². The number of nitrogens with one attached hydrogen (secondary N) is 1. The Balaban J connectivity index is 2.61. The molecule has 0 bridgehead atoms. The van der Waals surface area contributed by atoms with Gasteiger partial charge in [-0.05, 0) is 6.92 Å². The molecule has 2 N–H and O–H groups in total. The highest BCUT2D eigenvalue weighted by molar-refractivity contribution is 5.68. The molecule has 0 spiro atoms. The zero-order valence-corrected chi connectivity index (χ0v) is 8.45. The summed E-state index contributed by atoms with van der Waals surface area (Å²) in [5, 5.41) is 21.5. The summed E-state index contributed by atoms with van der Waals surface area (Å²) in [7, 11) is 0. The van der Waals surface area contributed by atoms with Crippen LogP contribution in [0.25, 0.3) is 0 Å². The minimum atomic E-state index is -0.943. The van der Waals surface area contributed by atoms with Gasteiger partial charge in [0.15, 0.2) is 0 Å². The van der Waals surface area contributed by atoms with Gasteiger partial charge in [0.1, 0.15) is 12.4 Å². The molecule has 0 fully saturated rings. The van der Waals surface area contributed by atoms with Crippen LogP contribution in [0.2, 0.25) is 0 Å². The van der Waals surface area contributed by atoms with E-state index < -0.39 is 10.9 Å². The van der Waals surface area contributed by atoms with Crippen LogP contribution in [0.15, 0.2) is 12.4 Å². The number of hydrogen-bond donors (Lipinski definition) is 2. The van der Waals surface area contributed by atoms with Crippen LogP contribution in [0.4, 0.5) is 11.6 Å². The molecule has 8 nitrogen and oxygen atoms in total. The quantitative estimate of drug-likeness (QED) is 0.559. The number of carboxylic acid groups (broad SMARTS) is 1. The van der Waals surface area contributed by atoms with Gasteiger partial charge in [-0.1, -0.05) is 0 Å². The minimum Gasteiger partial charge on any atom is -0.481 e. The molecule has 1 rings (SSSR count). The fourth-order valence-corrected chi connectivity index (χ4v) is 1.02. The normalized spacial score (nSPS) is 11.8. The Morgan fingerprint density at radius 3 is 2.62 bits per heavy atom. The van der Waals surface area contributed by atoms with Gasteiger partial charge in [-0.15, -0.1) is 0 Å². The molecule has 1 aromatic rings. The lowest BCUT2D eigenvalue weighted by Crippen LogP contribution is -2.20. The molecule has 0 aliphatic carbocycles. The number of nitro groups is 1. The highest BCUT2D eigenvalue weighted by atomic mass is 16.6. The number of aromatic nitrogens is 2. The van der Waals surface area contributed by atoms with Crippen molar-refractivity contribution in [3.63, 3.8) is 0 Å². The van der Waals surface area contributed by atoms with Crippen LogP contribution in [-0.2, 0) is 4.79 Å². The fourth-order valence-electron chi connectivity index (χ4n) is 1.02. The number of anilines is 1. The summed E-state index contributed by atoms with van der Waals surface area (Å²) in [4.78, 5) is 27.5. The van der Waals surface area contributed by atoms with Crippen molar-refractivity contribution in [2.75, 3.05) is 5.32 Å². The Morgan fingerprint density at radius 2 is 2.19 bits per heavy atom. The van der Waals surface area contributed by atoms with Crippen LogP contribution in [0.3, 0.4) is 0 Å². The van der Waals surface area contributed by atoms with Crippen LogP contribution in [0.5, 0.6) is 0 Å². The van der Waals surface area contributed by atoms with Gasteiger partial charge in [0.05, 0.1) is 11.3 Å². The van der Waals surface area contributed by atoms with Gasteiger partial charge in [0.2, 0.25) is 5.95 Å². The smallest absolute Gasteiger partial charge is 0.305 e. The SMILES string of the molecule is CC(CC(=O)O)Nc1ncc([N+](=O)[O-])cn1. The summed E-state index contributed by atoms with van der Waals surface area (Å²) < 4.78 is 0. The largest absolute Gasteiger partial charge is 0.481 e. The van der Waals surface area contributed by atoms with Gasteiger partial charge < -0.3 is 10.4 Å². The first kappa shape index (κ1) is 11.8. The lowest BCUT2D eigenvalue weighted by Gasteiger charge is -2.10. The van der Waals surface area contributed by atoms with Gasteiger partial charge in [0.25, 0.3) is 0 Å². The van der Waals surface area contributed by atoms with E-state index in [4.69, 9.17) is 5.11 Å². The van der Waals surface area contributed by atoms with E-state index in [0.717, 1.165) is 12.4 Å². The zero-order chi connectivity index (χ0) is 12.1. The summed E-state index contributed by atoms with van der Waals surface area (Å²) in [5.41, 5.74) is -0.212. The molecule has 0 aliphatic rings. The molecule has 16 heavy (non-hydrogen) atoms. The molecule has 86 valence electrons. The van der Waals surface area contributed by atoms with Crippen molar-refractivity contribution >= 4 is 17.6 Å². The van der Waals surface area contributed by atoms with Crippen LogP contribution in [-0.4, -0.2) is 32.0 Å². The molecule has 0 aromatic carbocycles. The van der Waals surface area contributed by atoms with Gasteiger partial charge in [-0.2, -0.15) is 0 Å². The van der Waals surface area contributed by atoms with E-state index in [2.05, 4.69) is 15.3 Å². The molecule has 8 heteroatoms. The second-order valence-electron chi connectivity index (χ2n) is 3.17. The minimum absolute atomic E-state index is 0.0830. The third-order valence-electron chi connectivity index (χ3n) is 1.71. The van der Waals surface area contributed by atoms with Gasteiger partial charge in [-0.25, -0.2) is 9.97 Å². The highest BCUT2D eigenvalue weighted by Crippen LogP contribution is 2.09. The summed E-state index contributed by atoms with van der Waals surface area (Å²) >= 11 is 0. The predicted octanol–water partition coefficient (Wildman–Crippen LogP) is 0.660. The summed E-state index contributed by atoms with van der Waals surface area (Å²) in [5.74, 6) is -0.777. The first-order chi connectivity index (χ1) is 7.49. The highest BCUT2D eigenvalue weighted by Gasteiger charge is 2.10. The van der Waals surface area contributed by atoms with Crippen LogP contribution >= 0.6 is 0 Å². The number of nitrogens with zero attached hydrogens (tertiary/aromatic N) is 3. The van der Waals surface area contributed by atoms with E-state index in [9.17, 15) is 14.9 Å². The number of aliphatic carboxylic acids is 1. The standard InChI is InChI=1S/C8H10N4O4/c1-5(2-7(13)14)11-8-9-3-6(4-10-8)12(15)16/h3-5H,2H2,1H3,(H,13,14)(H,9,10,11). The van der Waals surface area contributed by atoms with Crippen molar-refractivity contribution in [1.82, 2.24) is 9.97 Å². The first-order valence-corrected chi connectivity index (χ1v) is 4.44. The Kier molecular flexibility index (Phi) is 3.70. The molecule has 1 heterocycles. The van der Waals surface area contributed by atoms with Crippen molar-refractivity contribution < 1.29 is 14.8 Å². The molecule has 0 saturated carbocycles. The van der Waals surface area contributed by atoms with E-state index in [1.54, 1.807) is 6.92 Å². The zero-order valence-electron chi connectivity index (χ0n) is 8.45. The van der Waals surface area contributed by atoms with E-state index >= 15 is 0 Å². The van der Waals surface area contributed by atoms with E-state index in [1.807, 2.05) is 0 Å². The van der Waals surface area contributed by atoms with Crippen LogP contribution in [0.1, 0.15) is 13.3 Å². The van der Waals surface area contributed by atoms with Crippen LogP contribution in [0, 0.1) is 10.1 Å². The summed E-state index contributed by atoms with van der Waals surface area (Å²) in [6, 6.07) is -0.348. The fraction of sp³-hybridized carbons (Fsp3) is 0.375. The number of carboxylic acids is 1. The molecule has 0 saturated heterocycles.